The zero-order valence-electron chi connectivity index (χ0n) is 15.8. The molecule has 1 amide bonds. The van der Waals surface area contributed by atoms with Crippen LogP contribution in [0, 0.1) is 13.8 Å². The van der Waals surface area contributed by atoms with Gasteiger partial charge in [-0.15, -0.1) is 0 Å². The fourth-order valence-electron chi connectivity index (χ4n) is 3.98. The summed E-state index contributed by atoms with van der Waals surface area (Å²) in [6.07, 6.45) is 3.45. The number of likely N-dealkylation sites (tertiary alicyclic amines) is 1. The first-order chi connectivity index (χ1) is 13.4. The van der Waals surface area contributed by atoms with Crippen molar-refractivity contribution >= 4 is 33.8 Å². The summed E-state index contributed by atoms with van der Waals surface area (Å²) >= 11 is 0. The number of benzene rings is 1. The van der Waals surface area contributed by atoms with Gasteiger partial charge in [-0.05, 0) is 50.3 Å². The highest BCUT2D eigenvalue weighted by Gasteiger charge is 2.32. The van der Waals surface area contributed by atoms with Crippen molar-refractivity contribution in [2.45, 2.75) is 45.6 Å². The molecule has 1 N–H and O–H groups in total. The Morgan fingerprint density at radius 2 is 1.96 bits per heavy atom. The molecule has 1 aliphatic heterocycles. The van der Waals surface area contributed by atoms with E-state index in [1.807, 2.05) is 13.0 Å². The van der Waals surface area contributed by atoms with Crippen molar-refractivity contribution in [3.8, 4) is 0 Å². The fraction of sp³-hybridized carbons (Fsp3) is 0.381. The molecule has 0 radical (unpaired) electrons. The minimum absolute atomic E-state index is 0.170. The van der Waals surface area contributed by atoms with E-state index in [0.717, 1.165) is 29.2 Å². The van der Waals surface area contributed by atoms with Gasteiger partial charge in [0.05, 0.1) is 18.2 Å². The van der Waals surface area contributed by atoms with E-state index in [2.05, 4.69) is 0 Å². The van der Waals surface area contributed by atoms with Crippen molar-refractivity contribution in [1.82, 2.24) is 4.90 Å². The summed E-state index contributed by atoms with van der Waals surface area (Å²) in [6.45, 7) is 4.11. The quantitative estimate of drug-likeness (QED) is 0.697. The predicted molar refractivity (Wildman–Crippen MR) is 102 cm³/mol. The molecule has 1 aliphatic rings. The van der Waals surface area contributed by atoms with Gasteiger partial charge in [0.15, 0.2) is 0 Å². The monoisotopic (exact) mass is 383 g/mol. The van der Waals surface area contributed by atoms with Gasteiger partial charge in [-0.2, -0.15) is 0 Å². The first kappa shape index (κ1) is 18.3. The molecule has 146 valence electrons. The number of aryl methyl sites for hydroxylation is 2. The minimum atomic E-state index is -1.01. The maximum atomic E-state index is 12.8. The smallest absolute Gasteiger partial charge is 0.340 e. The molecule has 1 fully saturated rings. The van der Waals surface area contributed by atoms with Gasteiger partial charge in [-0.25, -0.2) is 9.59 Å². The SMILES string of the molecule is Cc1coc2cc3oc(=O)c(CC(=O)N4CCCC[C@@H]4C(=O)O)c(C)c3cc12. The van der Waals surface area contributed by atoms with Gasteiger partial charge in [0.1, 0.15) is 17.2 Å². The lowest BCUT2D eigenvalue weighted by atomic mass is 9.98. The van der Waals surface area contributed by atoms with Crippen LogP contribution < -0.4 is 5.63 Å². The first-order valence-electron chi connectivity index (χ1n) is 9.33. The van der Waals surface area contributed by atoms with Gasteiger partial charge in [0.2, 0.25) is 5.91 Å². The molecular formula is C21H21NO6. The van der Waals surface area contributed by atoms with E-state index in [1.54, 1.807) is 19.3 Å². The molecular weight excluding hydrogens is 362 g/mol. The number of nitrogens with zero attached hydrogens (tertiary/aromatic N) is 1. The Kier molecular flexibility index (Phi) is 4.45. The molecule has 0 bridgehead atoms. The molecule has 0 unspecified atom stereocenters. The number of carbonyl (C=O) groups is 2. The summed E-state index contributed by atoms with van der Waals surface area (Å²) in [5, 5.41) is 11.1. The van der Waals surface area contributed by atoms with Crippen molar-refractivity contribution in [3.63, 3.8) is 0 Å². The van der Waals surface area contributed by atoms with Crippen LogP contribution in [0.5, 0.6) is 0 Å². The number of carboxylic acid groups (broad SMARTS) is 1. The maximum Gasteiger partial charge on any atom is 0.340 e. The molecule has 28 heavy (non-hydrogen) atoms. The van der Waals surface area contributed by atoms with Gasteiger partial charge in [0, 0.05) is 23.4 Å². The number of carboxylic acids is 1. The third-order valence-corrected chi connectivity index (χ3v) is 5.61. The predicted octanol–water partition coefficient (Wildman–Crippen LogP) is 3.16. The highest BCUT2D eigenvalue weighted by atomic mass is 16.4. The molecule has 1 saturated heterocycles. The Bertz CT molecular complexity index is 1160. The Morgan fingerprint density at radius 1 is 1.18 bits per heavy atom. The normalized spacial score (nSPS) is 17.4. The van der Waals surface area contributed by atoms with Gasteiger partial charge >= 0.3 is 11.6 Å². The summed E-state index contributed by atoms with van der Waals surface area (Å²) in [4.78, 5) is 38.2. The van der Waals surface area contributed by atoms with Crippen LogP contribution in [0.4, 0.5) is 0 Å². The molecule has 0 aliphatic carbocycles. The van der Waals surface area contributed by atoms with Crippen LogP contribution >= 0.6 is 0 Å². The number of amides is 1. The second kappa shape index (κ2) is 6.82. The molecule has 3 heterocycles. The number of carbonyl (C=O) groups excluding carboxylic acids is 1. The van der Waals surface area contributed by atoms with Crippen LogP contribution in [0.3, 0.4) is 0 Å². The zero-order valence-corrected chi connectivity index (χ0v) is 15.8. The lowest BCUT2D eigenvalue weighted by Crippen LogP contribution is -2.48. The van der Waals surface area contributed by atoms with Gasteiger partial charge < -0.3 is 18.8 Å². The van der Waals surface area contributed by atoms with E-state index in [4.69, 9.17) is 8.83 Å². The summed E-state index contributed by atoms with van der Waals surface area (Å²) in [7, 11) is 0. The topological polar surface area (TPSA) is 101 Å². The van der Waals surface area contributed by atoms with Crippen LogP contribution in [0.25, 0.3) is 21.9 Å². The number of fused-ring (bicyclic) bond motifs is 2. The van der Waals surface area contributed by atoms with Crippen LogP contribution in [0.1, 0.15) is 36.0 Å². The number of piperidine rings is 1. The molecule has 1 aromatic carbocycles. The molecule has 2 aromatic heterocycles. The van der Waals surface area contributed by atoms with E-state index in [1.165, 1.54) is 4.90 Å². The summed E-state index contributed by atoms with van der Waals surface area (Å²) < 4.78 is 10.9. The highest BCUT2D eigenvalue weighted by Crippen LogP contribution is 2.29. The summed E-state index contributed by atoms with van der Waals surface area (Å²) in [5.41, 5.74) is 2.37. The minimum Gasteiger partial charge on any atom is -0.480 e. The Hall–Kier alpha value is -3.09. The third-order valence-electron chi connectivity index (χ3n) is 5.61. The maximum absolute atomic E-state index is 12.8. The van der Waals surface area contributed by atoms with Crippen molar-refractivity contribution in [2.75, 3.05) is 6.54 Å². The van der Waals surface area contributed by atoms with Crippen molar-refractivity contribution < 1.29 is 23.5 Å². The zero-order chi connectivity index (χ0) is 20.0. The highest BCUT2D eigenvalue weighted by molar-refractivity contribution is 5.96. The van der Waals surface area contributed by atoms with E-state index >= 15 is 0 Å². The molecule has 4 rings (SSSR count). The number of rotatable bonds is 3. The second-order valence-corrected chi connectivity index (χ2v) is 7.37. The van der Waals surface area contributed by atoms with Gasteiger partial charge in [0.25, 0.3) is 0 Å². The molecule has 0 spiro atoms. The van der Waals surface area contributed by atoms with Crippen LogP contribution in [-0.4, -0.2) is 34.5 Å². The van der Waals surface area contributed by atoms with Crippen molar-refractivity contribution in [1.29, 1.82) is 0 Å². The van der Waals surface area contributed by atoms with E-state index in [-0.39, 0.29) is 17.9 Å². The molecule has 7 heteroatoms. The molecule has 3 aromatic rings. The Balaban J connectivity index is 1.74. The number of furan rings is 1. The molecule has 7 nitrogen and oxygen atoms in total. The fourth-order valence-corrected chi connectivity index (χ4v) is 3.98. The summed E-state index contributed by atoms with van der Waals surface area (Å²) in [6, 6.07) is 2.75. The number of hydrogen-bond donors (Lipinski definition) is 1. The van der Waals surface area contributed by atoms with Crippen LogP contribution in [0.2, 0.25) is 0 Å². The van der Waals surface area contributed by atoms with E-state index in [9.17, 15) is 19.5 Å². The second-order valence-electron chi connectivity index (χ2n) is 7.37. The molecule has 1 atom stereocenters. The number of aliphatic carboxylic acids is 1. The first-order valence-corrected chi connectivity index (χ1v) is 9.33. The van der Waals surface area contributed by atoms with Crippen molar-refractivity contribution in [3.05, 3.63) is 45.5 Å². The Labute approximate surface area is 160 Å². The van der Waals surface area contributed by atoms with Gasteiger partial charge in [-0.3, -0.25) is 4.79 Å². The average Bonchev–Trinajstić information content (AvgIpc) is 3.03. The lowest BCUT2D eigenvalue weighted by Gasteiger charge is -2.33. The van der Waals surface area contributed by atoms with Gasteiger partial charge in [-0.1, -0.05) is 0 Å². The van der Waals surface area contributed by atoms with Crippen LogP contribution in [0.15, 0.2) is 32.0 Å². The van der Waals surface area contributed by atoms with E-state index < -0.39 is 17.6 Å². The lowest BCUT2D eigenvalue weighted by molar-refractivity contribution is -0.151. The van der Waals surface area contributed by atoms with Crippen molar-refractivity contribution in [2.24, 2.45) is 0 Å². The standard InChI is InChI=1S/C21H21NO6/c1-11-10-27-17-9-18-14(7-13(11)17)12(2)15(21(26)28-18)8-19(23)22-6-4-3-5-16(22)20(24)25/h7,9-10,16H,3-6,8H2,1-2H3,(H,24,25)/t16-/m1/s1. The largest absolute Gasteiger partial charge is 0.480 e. The average molecular weight is 383 g/mol. The number of hydrogen-bond acceptors (Lipinski definition) is 5. The Morgan fingerprint density at radius 3 is 2.71 bits per heavy atom. The van der Waals surface area contributed by atoms with E-state index in [0.29, 0.717) is 29.7 Å². The summed E-state index contributed by atoms with van der Waals surface area (Å²) in [5.74, 6) is -1.37. The third kappa shape index (κ3) is 2.96. The van der Waals surface area contributed by atoms with Crippen LogP contribution in [-0.2, 0) is 16.0 Å². The molecule has 0 saturated carbocycles.